The van der Waals surface area contributed by atoms with Crippen LogP contribution in [0, 0.1) is 5.82 Å². The zero-order valence-corrected chi connectivity index (χ0v) is 13.7. The number of halogens is 2. The molecule has 3 rings (SSSR count). The van der Waals surface area contributed by atoms with Crippen molar-refractivity contribution in [1.29, 1.82) is 0 Å². The highest BCUT2D eigenvalue weighted by molar-refractivity contribution is 9.10. The highest BCUT2D eigenvalue weighted by Gasteiger charge is 2.27. The molecule has 3 nitrogen and oxygen atoms in total. The third-order valence-electron chi connectivity index (χ3n) is 3.96. The van der Waals surface area contributed by atoms with Crippen LogP contribution in [0.2, 0.25) is 0 Å². The Bertz CT molecular complexity index is 638. The van der Waals surface area contributed by atoms with Crippen molar-refractivity contribution in [3.05, 3.63) is 45.8 Å². The quantitative estimate of drug-likeness (QED) is 0.876. The molecule has 0 spiro atoms. The normalized spacial score (nSPS) is 17.4. The molecule has 2 aromatic rings. The summed E-state index contributed by atoms with van der Waals surface area (Å²) in [6.45, 7) is 3.00. The van der Waals surface area contributed by atoms with Gasteiger partial charge < -0.3 is 5.32 Å². The minimum atomic E-state index is -0.155. The largest absolute Gasteiger partial charge is 0.369 e. The molecule has 0 bridgehead atoms. The van der Waals surface area contributed by atoms with Crippen LogP contribution in [-0.2, 0) is 6.42 Å². The van der Waals surface area contributed by atoms with Gasteiger partial charge in [-0.1, -0.05) is 31.5 Å². The number of aryl methyl sites for hydroxylation is 1. The van der Waals surface area contributed by atoms with Gasteiger partial charge in [-0.05, 0) is 41.3 Å². The standard InChI is InChI=1S/C16H19BrFN3/c1-2-3-8-13-15(17)16-19-10-9-14(21(16)20-13)11-6-4-5-7-12(11)18/h4-7,14,19H,2-3,8-10H2,1H3. The first-order valence-corrected chi connectivity index (χ1v) is 8.26. The molecule has 1 aromatic heterocycles. The van der Waals surface area contributed by atoms with Gasteiger partial charge in [0, 0.05) is 12.1 Å². The van der Waals surface area contributed by atoms with Gasteiger partial charge in [-0.2, -0.15) is 5.10 Å². The summed E-state index contributed by atoms with van der Waals surface area (Å²) in [5, 5.41) is 8.11. The molecule has 0 saturated heterocycles. The summed E-state index contributed by atoms with van der Waals surface area (Å²) in [5.41, 5.74) is 1.78. The molecule has 0 aliphatic carbocycles. The first-order valence-electron chi connectivity index (χ1n) is 7.47. The molecule has 0 amide bonds. The van der Waals surface area contributed by atoms with E-state index in [4.69, 9.17) is 5.10 Å². The average Bonchev–Trinajstić information content (AvgIpc) is 2.82. The van der Waals surface area contributed by atoms with E-state index >= 15 is 0 Å². The second-order valence-electron chi connectivity index (χ2n) is 5.41. The topological polar surface area (TPSA) is 29.9 Å². The molecule has 2 heterocycles. The SMILES string of the molecule is CCCCc1nn2c(c1Br)NCCC2c1ccccc1F. The molecule has 0 radical (unpaired) electrons. The molecule has 1 aliphatic rings. The molecule has 1 atom stereocenters. The Morgan fingerprint density at radius 2 is 2.24 bits per heavy atom. The van der Waals surface area contributed by atoms with Gasteiger partial charge in [0.05, 0.1) is 16.2 Å². The second-order valence-corrected chi connectivity index (χ2v) is 6.20. The summed E-state index contributed by atoms with van der Waals surface area (Å²) in [7, 11) is 0. The van der Waals surface area contributed by atoms with E-state index in [0.29, 0.717) is 0 Å². The lowest BCUT2D eigenvalue weighted by Crippen LogP contribution is -2.25. The lowest BCUT2D eigenvalue weighted by atomic mass is 10.0. The van der Waals surface area contributed by atoms with Crippen LogP contribution in [0.15, 0.2) is 28.7 Å². The van der Waals surface area contributed by atoms with Gasteiger partial charge in [-0.25, -0.2) is 9.07 Å². The number of fused-ring (bicyclic) bond motifs is 1. The summed E-state index contributed by atoms with van der Waals surface area (Å²) in [6, 6.07) is 6.96. The van der Waals surface area contributed by atoms with Crippen molar-refractivity contribution in [1.82, 2.24) is 9.78 Å². The Kier molecular flexibility index (Phi) is 4.29. The third kappa shape index (κ3) is 2.71. The van der Waals surface area contributed by atoms with E-state index in [1.54, 1.807) is 6.07 Å². The van der Waals surface area contributed by atoms with Crippen LogP contribution in [0.1, 0.15) is 43.5 Å². The van der Waals surface area contributed by atoms with Gasteiger partial charge in [-0.15, -0.1) is 0 Å². The van der Waals surface area contributed by atoms with Crippen molar-refractivity contribution < 1.29 is 4.39 Å². The number of benzene rings is 1. The van der Waals surface area contributed by atoms with E-state index in [2.05, 4.69) is 28.2 Å². The Labute approximate surface area is 132 Å². The van der Waals surface area contributed by atoms with Gasteiger partial charge in [-0.3, -0.25) is 0 Å². The van der Waals surface area contributed by atoms with Crippen molar-refractivity contribution >= 4 is 21.7 Å². The molecule has 0 fully saturated rings. The molecular weight excluding hydrogens is 333 g/mol. The van der Waals surface area contributed by atoms with Crippen molar-refractivity contribution in [2.75, 3.05) is 11.9 Å². The van der Waals surface area contributed by atoms with Crippen molar-refractivity contribution in [3.8, 4) is 0 Å². The second kappa shape index (κ2) is 6.18. The molecule has 112 valence electrons. The number of nitrogens with one attached hydrogen (secondary N) is 1. The van der Waals surface area contributed by atoms with Crippen LogP contribution in [0.5, 0.6) is 0 Å². The zero-order valence-electron chi connectivity index (χ0n) is 12.1. The van der Waals surface area contributed by atoms with E-state index in [9.17, 15) is 4.39 Å². The highest BCUT2D eigenvalue weighted by atomic mass is 79.9. The maximum atomic E-state index is 14.1. The fraction of sp³-hybridized carbons (Fsp3) is 0.438. The molecule has 1 aliphatic heterocycles. The van der Waals surface area contributed by atoms with E-state index in [1.165, 1.54) is 6.07 Å². The smallest absolute Gasteiger partial charge is 0.139 e. The van der Waals surface area contributed by atoms with Crippen LogP contribution in [0.3, 0.4) is 0 Å². The average molecular weight is 352 g/mol. The Hall–Kier alpha value is -1.36. The summed E-state index contributed by atoms with van der Waals surface area (Å²) < 4.78 is 17.1. The molecule has 0 saturated carbocycles. The number of rotatable bonds is 4. The zero-order chi connectivity index (χ0) is 14.8. The number of aromatic nitrogens is 2. The van der Waals surface area contributed by atoms with Gasteiger partial charge in [0.2, 0.25) is 0 Å². The number of anilines is 1. The third-order valence-corrected chi connectivity index (χ3v) is 4.79. The summed E-state index contributed by atoms with van der Waals surface area (Å²) in [4.78, 5) is 0. The monoisotopic (exact) mass is 351 g/mol. The lowest BCUT2D eigenvalue weighted by Gasteiger charge is -2.26. The Morgan fingerprint density at radius 3 is 3.00 bits per heavy atom. The van der Waals surface area contributed by atoms with E-state index < -0.39 is 0 Å². The molecule has 1 N–H and O–H groups in total. The molecular formula is C16H19BrFN3. The van der Waals surface area contributed by atoms with Crippen LogP contribution >= 0.6 is 15.9 Å². The summed E-state index contributed by atoms with van der Waals surface area (Å²) >= 11 is 3.65. The van der Waals surface area contributed by atoms with Crippen LogP contribution in [-0.4, -0.2) is 16.3 Å². The van der Waals surface area contributed by atoms with Gasteiger partial charge in [0.1, 0.15) is 11.6 Å². The fourth-order valence-electron chi connectivity index (χ4n) is 2.83. The van der Waals surface area contributed by atoms with Crippen LogP contribution in [0.4, 0.5) is 10.2 Å². The Balaban J connectivity index is 2.00. The minimum Gasteiger partial charge on any atom is -0.369 e. The van der Waals surface area contributed by atoms with Crippen molar-refractivity contribution in [3.63, 3.8) is 0 Å². The highest BCUT2D eigenvalue weighted by Crippen LogP contribution is 2.37. The van der Waals surface area contributed by atoms with Crippen LogP contribution < -0.4 is 5.32 Å². The first kappa shape index (κ1) is 14.6. The Morgan fingerprint density at radius 1 is 1.43 bits per heavy atom. The number of hydrogen-bond acceptors (Lipinski definition) is 2. The van der Waals surface area contributed by atoms with E-state index in [-0.39, 0.29) is 11.9 Å². The van der Waals surface area contributed by atoms with Gasteiger partial charge >= 0.3 is 0 Å². The van der Waals surface area contributed by atoms with E-state index in [0.717, 1.165) is 53.8 Å². The molecule has 1 unspecified atom stereocenters. The first-order chi connectivity index (χ1) is 10.2. The maximum absolute atomic E-state index is 14.1. The van der Waals surface area contributed by atoms with Crippen molar-refractivity contribution in [2.24, 2.45) is 0 Å². The summed E-state index contributed by atoms with van der Waals surface area (Å²) in [5.74, 6) is 0.817. The van der Waals surface area contributed by atoms with Crippen molar-refractivity contribution in [2.45, 2.75) is 38.6 Å². The molecule has 21 heavy (non-hydrogen) atoms. The van der Waals surface area contributed by atoms with Crippen LogP contribution in [0.25, 0.3) is 0 Å². The lowest BCUT2D eigenvalue weighted by molar-refractivity contribution is 0.455. The molecule has 5 heteroatoms. The maximum Gasteiger partial charge on any atom is 0.139 e. The van der Waals surface area contributed by atoms with Gasteiger partial charge in [0.25, 0.3) is 0 Å². The van der Waals surface area contributed by atoms with E-state index in [1.807, 2.05) is 16.8 Å². The predicted octanol–water partition coefficient (Wildman–Crippen LogP) is 4.53. The number of nitrogens with zero attached hydrogens (tertiary/aromatic N) is 2. The van der Waals surface area contributed by atoms with Gasteiger partial charge in [0.15, 0.2) is 0 Å². The summed E-state index contributed by atoms with van der Waals surface area (Å²) in [6.07, 6.45) is 4.04. The predicted molar refractivity (Wildman–Crippen MR) is 86.2 cm³/mol. The number of hydrogen-bond donors (Lipinski definition) is 1. The minimum absolute atomic E-state index is 0.0332. The number of unbranched alkanes of at least 4 members (excludes halogenated alkanes) is 1. The molecule has 1 aromatic carbocycles. The fourth-order valence-corrected chi connectivity index (χ4v) is 3.43.